The van der Waals surface area contributed by atoms with E-state index in [4.69, 9.17) is 0 Å². The van der Waals surface area contributed by atoms with E-state index in [1.807, 2.05) is 6.92 Å². The molecule has 116 valence electrons. The molecule has 21 heavy (non-hydrogen) atoms. The minimum absolute atomic E-state index is 0.0465. The molecule has 0 unspecified atom stereocenters. The summed E-state index contributed by atoms with van der Waals surface area (Å²) >= 11 is 0. The van der Waals surface area contributed by atoms with Crippen LogP contribution in [0.1, 0.15) is 22.3 Å². The molecule has 0 aliphatic carbocycles. The molecule has 1 N–H and O–H groups in total. The van der Waals surface area contributed by atoms with Crippen molar-refractivity contribution in [3.63, 3.8) is 0 Å². The number of hydrogen-bond acceptors (Lipinski definition) is 4. The zero-order valence-corrected chi connectivity index (χ0v) is 13.1. The fraction of sp³-hybridized carbons (Fsp3) is 0.500. The van der Waals surface area contributed by atoms with Crippen molar-refractivity contribution in [1.29, 1.82) is 0 Å². The highest BCUT2D eigenvalue weighted by Gasteiger charge is 2.25. The first-order chi connectivity index (χ1) is 9.79. The lowest BCUT2D eigenvalue weighted by molar-refractivity contribution is 0.0761. The van der Waals surface area contributed by atoms with Gasteiger partial charge in [0.25, 0.3) is 5.91 Å². The van der Waals surface area contributed by atoms with E-state index >= 15 is 0 Å². The molecule has 1 fully saturated rings. The molecule has 2 rings (SSSR count). The van der Waals surface area contributed by atoms with Gasteiger partial charge >= 0.3 is 0 Å². The normalized spacial score (nSPS) is 17.5. The summed E-state index contributed by atoms with van der Waals surface area (Å²) in [5, 5.41) is 9.83. The number of phenols is 1. The van der Waals surface area contributed by atoms with Gasteiger partial charge in [0, 0.05) is 26.2 Å². The lowest BCUT2D eigenvalue weighted by Crippen LogP contribution is -2.37. The highest BCUT2D eigenvalue weighted by Crippen LogP contribution is 2.21. The van der Waals surface area contributed by atoms with Crippen LogP contribution in [0.4, 0.5) is 0 Å². The third-order valence-electron chi connectivity index (χ3n) is 3.59. The largest absolute Gasteiger partial charge is 0.507 e. The lowest BCUT2D eigenvalue weighted by Gasteiger charge is -2.21. The Hall–Kier alpha value is -1.60. The molecule has 1 aromatic carbocycles. The monoisotopic (exact) mass is 312 g/mol. The molecule has 0 bridgehead atoms. The Morgan fingerprint density at radius 2 is 1.90 bits per heavy atom. The van der Waals surface area contributed by atoms with Gasteiger partial charge in [0.1, 0.15) is 5.75 Å². The number of hydrogen-bond donors (Lipinski definition) is 1. The summed E-state index contributed by atoms with van der Waals surface area (Å²) in [7, 11) is -3.23. The second kappa shape index (κ2) is 6.03. The van der Waals surface area contributed by atoms with Crippen molar-refractivity contribution in [3.8, 4) is 5.75 Å². The first-order valence-electron chi connectivity index (χ1n) is 6.83. The van der Waals surface area contributed by atoms with E-state index in [-0.39, 0.29) is 23.8 Å². The van der Waals surface area contributed by atoms with Crippen molar-refractivity contribution in [2.75, 3.05) is 32.4 Å². The molecule has 1 aliphatic heterocycles. The number of phenolic OH excluding ortho intramolecular Hbond substituents is 1. The van der Waals surface area contributed by atoms with Crippen LogP contribution in [0.3, 0.4) is 0 Å². The van der Waals surface area contributed by atoms with Gasteiger partial charge < -0.3 is 10.0 Å². The molecule has 0 radical (unpaired) electrons. The Labute approximate surface area is 125 Å². The molecular formula is C14H20N2O4S. The number of carbonyl (C=O) groups excluding carboxylic acids is 1. The Morgan fingerprint density at radius 3 is 2.57 bits per heavy atom. The first kappa shape index (κ1) is 15.8. The maximum atomic E-state index is 12.5. The van der Waals surface area contributed by atoms with Crippen LogP contribution in [-0.2, 0) is 10.0 Å². The summed E-state index contributed by atoms with van der Waals surface area (Å²) in [5.74, 6) is -0.304. The lowest BCUT2D eigenvalue weighted by atomic mass is 10.1. The maximum absolute atomic E-state index is 12.5. The molecule has 0 atom stereocenters. The molecule has 6 nitrogen and oxygen atoms in total. The Balaban J connectivity index is 2.15. The average Bonchev–Trinajstić information content (AvgIpc) is 2.66. The Morgan fingerprint density at radius 1 is 1.19 bits per heavy atom. The van der Waals surface area contributed by atoms with E-state index in [9.17, 15) is 18.3 Å². The number of nitrogens with zero attached hydrogens (tertiary/aromatic N) is 2. The van der Waals surface area contributed by atoms with Crippen LogP contribution >= 0.6 is 0 Å². The fourth-order valence-corrected chi connectivity index (χ4v) is 3.29. The van der Waals surface area contributed by atoms with Crippen molar-refractivity contribution >= 4 is 15.9 Å². The van der Waals surface area contributed by atoms with Crippen LogP contribution in [-0.4, -0.2) is 61.1 Å². The second-order valence-corrected chi connectivity index (χ2v) is 7.31. The van der Waals surface area contributed by atoms with Crippen molar-refractivity contribution in [1.82, 2.24) is 9.21 Å². The standard InChI is InChI=1S/C14H20N2O4S/c1-11-4-5-13(17)12(10-11)14(18)15-6-3-7-16(9-8-15)21(2,19)20/h4-5,10,17H,3,6-9H2,1-2H3. The quantitative estimate of drug-likeness (QED) is 0.876. The van der Waals surface area contributed by atoms with E-state index in [1.54, 1.807) is 17.0 Å². The number of aryl methyl sites for hydroxylation is 1. The first-order valence-corrected chi connectivity index (χ1v) is 8.68. The third kappa shape index (κ3) is 3.74. The fourth-order valence-electron chi connectivity index (χ4n) is 2.42. The second-order valence-electron chi connectivity index (χ2n) is 5.33. The molecule has 0 saturated carbocycles. The van der Waals surface area contributed by atoms with Gasteiger partial charge in [-0.1, -0.05) is 11.6 Å². The van der Waals surface area contributed by atoms with E-state index in [1.165, 1.54) is 16.6 Å². The van der Waals surface area contributed by atoms with Crippen LogP contribution in [0.15, 0.2) is 18.2 Å². The number of sulfonamides is 1. The number of amides is 1. The summed E-state index contributed by atoms with van der Waals surface area (Å²) in [6.07, 6.45) is 1.77. The van der Waals surface area contributed by atoms with Crippen LogP contribution in [0.2, 0.25) is 0 Å². The minimum atomic E-state index is -3.23. The van der Waals surface area contributed by atoms with Crippen molar-refractivity contribution < 1.29 is 18.3 Å². The van der Waals surface area contributed by atoms with Gasteiger partial charge in [-0.2, -0.15) is 0 Å². The van der Waals surface area contributed by atoms with E-state index < -0.39 is 10.0 Å². The van der Waals surface area contributed by atoms with Gasteiger partial charge in [-0.3, -0.25) is 4.79 Å². The van der Waals surface area contributed by atoms with Gasteiger partial charge in [0.2, 0.25) is 10.0 Å². The highest BCUT2D eigenvalue weighted by molar-refractivity contribution is 7.88. The summed E-state index contributed by atoms with van der Waals surface area (Å²) in [6.45, 7) is 3.38. The molecule has 1 aliphatic rings. The molecule has 0 aromatic heterocycles. The molecule has 0 spiro atoms. The smallest absolute Gasteiger partial charge is 0.257 e. The van der Waals surface area contributed by atoms with Crippen LogP contribution in [0.5, 0.6) is 5.75 Å². The highest BCUT2D eigenvalue weighted by atomic mass is 32.2. The Bertz CT molecular complexity index is 642. The SMILES string of the molecule is Cc1ccc(O)c(C(=O)N2CCCN(S(C)(=O)=O)CC2)c1. The number of carbonyl (C=O) groups is 1. The molecule has 7 heteroatoms. The number of rotatable bonds is 2. The van der Waals surface area contributed by atoms with E-state index in [0.29, 0.717) is 26.1 Å². The molecular weight excluding hydrogens is 292 g/mol. The van der Waals surface area contributed by atoms with Gasteiger partial charge in [0.15, 0.2) is 0 Å². The van der Waals surface area contributed by atoms with Crippen molar-refractivity contribution in [2.45, 2.75) is 13.3 Å². The maximum Gasteiger partial charge on any atom is 0.257 e. The van der Waals surface area contributed by atoms with Crippen LogP contribution in [0.25, 0.3) is 0 Å². The predicted octanol–water partition coefficient (Wildman–Crippen LogP) is 0.808. The van der Waals surface area contributed by atoms with Gasteiger partial charge in [0.05, 0.1) is 11.8 Å². The van der Waals surface area contributed by atoms with Crippen LogP contribution in [0, 0.1) is 6.92 Å². The average molecular weight is 312 g/mol. The van der Waals surface area contributed by atoms with Gasteiger partial charge in [-0.25, -0.2) is 12.7 Å². The third-order valence-corrected chi connectivity index (χ3v) is 4.90. The summed E-state index contributed by atoms with van der Waals surface area (Å²) in [6, 6.07) is 4.89. The Kier molecular flexibility index (Phi) is 4.53. The van der Waals surface area contributed by atoms with Gasteiger partial charge in [-0.05, 0) is 25.5 Å². The van der Waals surface area contributed by atoms with Gasteiger partial charge in [-0.15, -0.1) is 0 Å². The van der Waals surface area contributed by atoms with Crippen molar-refractivity contribution in [2.24, 2.45) is 0 Å². The molecule has 1 saturated heterocycles. The zero-order valence-electron chi connectivity index (χ0n) is 12.2. The van der Waals surface area contributed by atoms with Crippen molar-refractivity contribution in [3.05, 3.63) is 29.3 Å². The predicted molar refractivity (Wildman–Crippen MR) is 79.8 cm³/mol. The molecule has 1 aromatic rings. The zero-order chi connectivity index (χ0) is 15.6. The molecule has 1 amide bonds. The number of benzene rings is 1. The minimum Gasteiger partial charge on any atom is -0.507 e. The topological polar surface area (TPSA) is 77.9 Å². The summed E-state index contributed by atoms with van der Waals surface area (Å²) < 4.78 is 24.5. The molecule has 1 heterocycles. The summed E-state index contributed by atoms with van der Waals surface area (Å²) in [5.41, 5.74) is 1.16. The van der Waals surface area contributed by atoms with E-state index in [2.05, 4.69) is 0 Å². The summed E-state index contributed by atoms with van der Waals surface area (Å²) in [4.78, 5) is 14.1. The number of aromatic hydroxyl groups is 1. The van der Waals surface area contributed by atoms with E-state index in [0.717, 1.165) is 5.56 Å². The van der Waals surface area contributed by atoms with Crippen LogP contribution < -0.4 is 0 Å².